The average Bonchev–Trinajstić information content (AvgIpc) is 2.35. The molecule has 1 unspecified atom stereocenters. The van der Waals surface area contributed by atoms with Crippen LogP contribution in [0, 0.1) is 16.2 Å². The van der Waals surface area contributed by atoms with Crippen LogP contribution in [0.1, 0.15) is 93.4 Å². The predicted molar refractivity (Wildman–Crippen MR) is 88.1 cm³/mol. The summed E-state index contributed by atoms with van der Waals surface area (Å²) in [7, 11) is 0. The van der Waals surface area contributed by atoms with Crippen molar-refractivity contribution >= 4 is 5.97 Å². The molecule has 3 nitrogen and oxygen atoms in total. The number of rotatable bonds is 9. The summed E-state index contributed by atoms with van der Waals surface area (Å²) < 4.78 is 0. The van der Waals surface area contributed by atoms with E-state index in [9.17, 15) is 4.79 Å². The van der Waals surface area contributed by atoms with Gasteiger partial charge in [0.2, 0.25) is 0 Å². The Bertz CT molecular complexity index is 315. The van der Waals surface area contributed by atoms with Crippen LogP contribution in [0.25, 0.3) is 0 Å². The summed E-state index contributed by atoms with van der Waals surface area (Å²) in [5, 5.41) is 8.90. The molecule has 21 heavy (non-hydrogen) atoms. The number of hydrogen-bond donors (Lipinski definition) is 1. The summed E-state index contributed by atoms with van der Waals surface area (Å²) in [6, 6.07) is 0. The molecule has 0 aromatic heterocycles. The van der Waals surface area contributed by atoms with Gasteiger partial charge in [-0.1, -0.05) is 67.2 Å². The molecule has 0 heterocycles. The molecule has 0 aliphatic rings. The highest BCUT2D eigenvalue weighted by Gasteiger charge is 2.47. The van der Waals surface area contributed by atoms with Gasteiger partial charge < -0.3 is 4.89 Å². The third-order valence-corrected chi connectivity index (χ3v) is 5.04. The van der Waals surface area contributed by atoms with Gasteiger partial charge in [-0.25, -0.2) is 4.79 Å². The van der Waals surface area contributed by atoms with E-state index in [1.54, 1.807) is 0 Å². The van der Waals surface area contributed by atoms with E-state index in [0.29, 0.717) is 5.41 Å². The molecule has 0 bridgehead atoms. The first-order valence-corrected chi connectivity index (χ1v) is 8.36. The Labute approximate surface area is 131 Å². The largest absolute Gasteiger partial charge is 0.348 e. The van der Waals surface area contributed by atoms with E-state index in [4.69, 9.17) is 5.26 Å². The molecule has 0 aliphatic heterocycles. The standard InChI is InChI=1S/C18H36O3/c1-8-9-10-14-18(7,15(19)21-20)17(5,6)13-11-12-16(2,3)4/h20H,8-14H2,1-7H3. The van der Waals surface area contributed by atoms with Gasteiger partial charge in [-0.05, 0) is 37.0 Å². The molecule has 0 aromatic rings. The van der Waals surface area contributed by atoms with Crippen molar-refractivity contribution in [2.45, 2.75) is 93.4 Å². The Hall–Kier alpha value is -0.570. The minimum Gasteiger partial charge on any atom is -0.300 e. The van der Waals surface area contributed by atoms with Crippen LogP contribution in [0.15, 0.2) is 0 Å². The van der Waals surface area contributed by atoms with Crippen molar-refractivity contribution in [1.29, 1.82) is 0 Å². The zero-order chi connectivity index (χ0) is 16.7. The van der Waals surface area contributed by atoms with Crippen molar-refractivity contribution in [1.82, 2.24) is 0 Å². The van der Waals surface area contributed by atoms with Crippen LogP contribution in [0.4, 0.5) is 0 Å². The van der Waals surface area contributed by atoms with E-state index < -0.39 is 11.4 Å². The second-order valence-corrected chi connectivity index (χ2v) is 8.47. The molecule has 0 rings (SSSR count). The SMILES string of the molecule is CCCCCC(C)(C(=O)OO)C(C)(C)CCCC(C)(C)C. The molecule has 0 saturated carbocycles. The van der Waals surface area contributed by atoms with Crippen LogP contribution in [-0.2, 0) is 9.68 Å². The lowest BCUT2D eigenvalue weighted by molar-refractivity contribution is -0.251. The summed E-state index contributed by atoms with van der Waals surface area (Å²) in [5.74, 6) is -0.487. The topological polar surface area (TPSA) is 46.5 Å². The third kappa shape index (κ3) is 6.37. The number of carbonyl (C=O) groups excluding carboxylic acids is 1. The van der Waals surface area contributed by atoms with Crippen LogP contribution in [-0.4, -0.2) is 11.2 Å². The second kappa shape index (κ2) is 8.17. The highest BCUT2D eigenvalue weighted by Crippen LogP contribution is 2.47. The van der Waals surface area contributed by atoms with E-state index in [0.717, 1.165) is 44.9 Å². The van der Waals surface area contributed by atoms with Gasteiger partial charge in [-0.3, -0.25) is 0 Å². The molecule has 3 heteroatoms. The first-order valence-electron chi connectivity index (χ1n) is 8.36. The minimum absolute atomic E-state index is 0.189. The van der Waals surface area contributed by atoms with Crippen LogP contribution >= 0.6 is 0 Å². The lowest BCUT2D eigenvalue weighted by atomic mass is 9.61. The Morgan fingerprint density at radius 3 is 1.90 bits per heavy atom. The molecule has 0 saturated heterocycles. The van der Waals surface area contributed by atoms with Crippen molar-refractivity contribution in [3.63, 3.8) is 0 Å². The first kappa shape index (κ1) is 20.4. The van der Waals surface area contributed by atoms with Crippen LogP contribution in [0.5, 0.6) is 0 Å². The Balaban J connectivity index is 4.89. The highest BCUT2D eigenvalue weighted by atomic mass is 17.1. The molecular formula is C18H36O3. The normalized spacial score (nSPS) is 15.6. The molecule has 0 fully saturated rings. The fourth-order valence-corrected chi connectivity index (χ4v) is 2.88. The molecule has 0 aromatic carbocycles. The van der Waals surface area contributed by atoms with Gasteiger partial charge in [-0.15, -0.1) is 0 Å². The zero-order valence-electron chi connectivity index (χ0n) is 15.2. The van der Waals surface area contributed by atoms with Gasteiger partial charge in [0.1, 0.15) is 0 Å². The molecular weight excluding hydrogens is 264 g/mol. The summed E-state index contributed by atoms with van der Waals surface area (Å²) in [6.45, 7) is 15.1. The fraction of sp³-hybridized carbons (Fsp3) is 0.944. The van der Waals surface area contributed by atoms with Crippen LogP contribution in [0.3, 0.4) is 0 Å². The molecule has 0 spiro atoms. The average molecular weight is 300 g/mol. The van der Waals surface area contributed by atoms with E-state index in [1.807, 2.05) is 6.92 Å². The minimum atomic E-state index is -0.630. The van der Waals surface area contributed by atoms with E-state index >= 15 is 0 Å². The maximum atomic E-state index is 12.2. The summed E-state index contributed by atoms with van der Waals surface area (Å²) in [6.07, 6.45) is 7.16. The van der Waals surface area contributed by atoms with Gasteiger partial charge in [0, 0.05) is 0 Å². The molecule has 1 atom stereocenters. The maximum absolute atomic E-state index is 12.2. The van der Waals surface area contributed by atoms with Gasteiger partial charge in [0.15, 0.2) is 0 Å². The first-order chi connectivity index (χ1) is 9.50. The van der Waals surface area contributed by atoms with Crippen molar-refractivity contribution in [2.75, 3.05) is 0 Å². The van der Waals surface area contributed by atoms with Crippen molar-refractivity contribution < 1.29 is 14.9 Å². The molecule has 0 amide bonds. The molecule has 126 valence electrons. The third-order valence-electron chi connectivity index (χ3n) is 5.04. The van der Waals surface area contributed by atoms with E-state index in [1.165, 1.54) is 0 Å². The van der Waals surface area contributed by atoms with E-state index in [2.05, 4.69) is 46.4 Å². The zero-order valence-corrected chi connectivity index (χ0v) is 15.2. The van der Waals surface area contributed by atoms with Crippen molar-refractivity contribution in [3.05, 3.63) is 0 Å². The number of hydrogen-bond acceptors (Lipinski definition) is 3. The Kier molecular flexibility index (Phi) is 7.94. The van der Waals surface area contributed by atoms with Gasteiger partial charge in [-0.2, -0.15) is 5.26 Å². The van der Waals surface area contributed by atoms with Gasteiger partial charge in [0.05, 0.1) is 5.41 Å². The fourth-order valence-electron chi connectivity index (χ4n) is 2.88. The molecule has 0 radical (unpaired) electrons. The van der Waals surface area contributed by atoms with Crippen LogP contribution in [0.2, 0.25) is 0 Å². The second-order valence-electron chi connectivity index (χ2n) is 8.47. The van der Waals surface area contributed by atoms with Crippen molar-refractivity contribution in [3.8, 4) is 0 Å². The van der Waals surface area contributed by atoms with Gasteiger partial charge >= 0.3 is 5.97 Å². The number of unbranched alkanes of at least 4 members (excludes halogenated alkanes) is 2. The van der Waals surface area contributed by atoms with Crippen molar-refractivity contribution in [2.24, 2.45) is 16.2 Å². The summed E-state index contributed by atoms with van der Waals surface area (Å²) in [5.41, 5.74) is -0.507. The number of carbonyl (C=O) groups is 1. The molecule has 1 N–H and O–H groups in total. The monoisotopic (exact) mass is 300 g/mol. The highest BCUT2D eigenvalue weighted by molar-refractivity contribution is 5.76. The lowest BCUT2D eigenvalue weighted by Crippen LogP contribution is -2.43. The van der Waals surface area contributed by atoms with Gasteiger partial charge in [0.25, 0.3) is 0 Å². The summed E-state index contributed by atoms with van der Waals surface area (Å²) >= 11 is 0. The predicted octanol–water partition coefficient (Wildman–Crippen LogP) is 5.83. The lowest BCUT2D eigenvalue weighted by Gasteiger charge is -2.42. The smallest absolute Gasteiger partial charge is 0.300 e. The maximum Gasteiger partial charge on any atom is 0.348 e. The Morgan fingerprint density at radius 1 is 0.905 bits per heavy atom. The quantitative estimate of drug-likeness (QED) is 0.331. The van der Waals surface area contributed by atoms with Crippen LogP contribution < -0.4 is 0 Å². The molecule has 0 aliphatic carbocycles. The summed E-state index contributed by atoms with van der Waals surface area (Å²) in [4.78, 5) is 16.3. The van der Waals surface area contributed by atoms with E-state index in [-0.39, 0.29) is 5.41 Å². The Morgan fingerprint density at radius 2 is 1.48 bits per heavy atom.